The van der Waals surface area contributed by atoms with Gasteiger partial charge in [0.2, 0.25) is 0 Å². The highest BCUT2D eigenvalue weighted by Gasteiger charge is 2.14. The molecule has 0 saturated heterocycles. The van der Waals surface area contributed by atoms with Crippen LogP contribution in [0.25, 0.3) is 0 Å². The summed E-state index contributed by atoms with van der Waals surface area (Å²) in [6.45, 7) is 12.5. The van der Waals surface area contributed by atoms with Gasteiger partial charge in [-0.1, -0.05) is 25.6 Å². The van der Waals surface area contributed by atoms with E-state index >= 15 is 0 Å². The zero-order chi connectivity index (χ0) is 16.1. The van der Waals surface area contributed by atoms with Crippen LogP contribution in [0.5, 0.6) is 0 Å². The van der Waals surface area contributed by atoms with Crippen LogP contribution in [-0.2, 0) is 11.3 Å². The first kappa shape index (κ1) is 17.2. The summed E-state index contributed by atoms with van der Waals surface area (Å²) in [5.41, 5.74) is 4.58. The molecule has 5 heteroatoms. The van der Waals surface area contributed by atoms with Crippen molar-refractivity contribution in [2.45, 2.75) is 52.6 Å². The highest BCUT2D eigenvalue weighted by Crippen LogP contribution is 2.04. The predicted octanol–water partition coefficient (Wildman–Crippen LogP) is 3.34. The van der Waals surface area contributed by atoms with Crippen molar-refractivity contribution >= 4 is 14.2 Å². The smallest absolute Gasteiger partial charge is 0.407 e. The van der Waals surface area contributed by atoms with Gasteiger partial charge in [-0.25, -0.2) is 4.79 Å². The summed E-state index contributed by atoms with van der Waals surface area (Å²) in [4.78, 5) is 15.8. The Labute approximate surface area is 128 Å². The maximum atomic E-state index is 11.5. The second-order valence-electron chi connectivity index (χ2n) is 6.99. The first-order valence-corrected chi connectivity index (χ1v) is 10.5. The van der Waals surface area contributed by atoms with Crippen LogP contribution in [-0.4, -0.2) is 24.7 Å². The van der Waals surface area contributed by atoms with Crippen LogP contribution in [0.15, 0.2) is 18.3 Å². The standard InChI is InChI=1S/C16H24N2O2Si/c1-16(2,3)18-15(19)20-12-14-8-7-13(11-17-14)9-10-21(4,5)6/h7-8,11H,12H2,1-6H3,(H,18,19). The number of hydrogen-bond acceptors (Lipinski definition) is 3. The molecule has 0 radical (unpaired) electrons. The summed E-state index contributed by atoms with van der Waals surface area (Å²) in [5, 5.41) is 2.73. The number of ether oxygens (including phenoxy) is 1. The normalized spacial score (nSPS) is 11.3. The van der Waals surface area contributed by atoms with Crippen LogP contribution in [0.2, 0.25) is 19.6 Å². The third-order valence-electron chi connectivity index (χ3n) is 2.23. The molecule has 0 aromatic carbocycles. The van der Waals surface area contributed by atoms with E-state index < -0.39 is 14.2 Å². The average Bonchev–Trinajstić information content (AvgIpc) is 2.32. The number of alkyl carbamates (subject to hydrolysis) is 1. The highest BCUT2D eigenvalue weighted by molar-refractivity contribution is 6.83. The third-order valence-corrected chi connectivity index (χ3v) is 3.11. The van der Waals surface area contributed by atoms with Crippen molar-refractivity contribution in [2.75, 3.05) is 0 Å². The van der Waals surface area contributed by atoms with Crippen molar-refractivity contribution in [3.8, 4) is 11.5 Å². The van der Waals surface area contributed by atoms with E-state index in [4.69, 9.17) is 4.74 Å². The Balaban J connectivity index is 2.55. The summed E-state index contributed by atoms with van der Waals surface area (Å²) in [6.07, 6.45) is 1.28. The number of nitrogens with zero attached hydrogens (tertiary/aromatic N) is 1. The number of nitrogens with one attached hydrogen (secondary N) is 1. The maximum Gasteiger partial charge on any atom is 0.407 e. The molecule has 114 valence electrons. The molecule has 1 aromatic heterocycles. The Morgan fingerprint density at radius 2 is 2.00 bits per heavy atom. The van der Waals surface area contributed by atoms with Gasteiger partial charge in [0.1, 0.15) is 14.7 Å². The number of hydrogen-bond donors (Lipinski definition) is 1. The summed E-state index contributed by atoms with van der Waals surface area (Å²) in [7, 11) is -1.37. The number of amides is 1. The molecule has 1 aromatic rings. The van der Waals surface area contributed by atoms with Gasteiger partial charge in [-0.15, -0.1) is 5.54 Å². The van der Waals surface area contributed by atoms with Crippen LogP contribution in [0.1, 0.15) is 32.0 Å². The number of rotatable bonds is 2. The summed E-state index contributed by atoms with van der Waals surface area (Å²) < 4.78 is 5.12. The molecule has 0 aliphatic heterocycles. The quantitative estimate of drug-likeness (QED) is 0.673. The van der Waals surface area contributed by atoms with Gasteiger partial charge in [0.15, 0.2) is 0 Å². The van der Waals surface area contributed by atoms with Gasteiger partial charge in [0, 0.05) is 17.3 Å². The molecular weight excluding hydrogens is 280 g/mol. The van der Waals surface area contributed by atoms with E-state index in [1.807, 2.05) is 32.9 Å². The van der Waals surface area contributed by atoms with Crippen molar-refractivity contribution in [3.05, 3.63) is 29.6 Å². The minimum Gasteiger partial charge on any atom is -0.443 e. The van der Waals surface area contributed by atoms with E-state index in [1.165, 1.54) is 0 Å². The highest BCUT2D eigenvalue weighted by atomic mass is 28.3. The minimum atomic E-state index is -1.37. The van der Waals surface area contributed by atoms with Crippen LogP contribution < -0.4 is 5.32 Å². The van der Waals surface area contributed by atoms with Crippen LogP contribution in [0.3, 0.4) is 0 Å². The number of carbonyl (C=O) groups excluding carboxylic acids is 1. The maximum absolute atomic E-state index is 11.5. The van der Waals surface area contributed by atoms with Gasteiger partial charge in [0.25, 0.3) is 0 Å². The topological polar surface area (TPSA) is 51.2 Å². The van der Waals surface area contributed by atoms with Gasteiger partial charge in [-0.05, 0) is 32.9 Å². The lowest BCUT2D eigenvalue weighted by Gasteiger charge is -2.19. The fourth-order valence-corrected chi connectivity index (χ4v) is 1.84. The third kappa shape index (κ3) is 8.15. The monoisotopic (exact) mass is 304 g/mol. The van der Waals surface area contributed by atoms with Crippen LogP contribution in [0.4, 0.5) is 4.79 Å². The van der Waals surface area contributed by atoms with E-state index in [0.29, 0.717) is 5.69 Å². The molecule has 0 unspecified atom stereocenters. The zero-order valence-electron chi connectivity index (χ0n) is 13.7. The average molecular weight is 304 g/mol. The predicted molar refractivity (Wildman–Crippen MR) is 87.5 cm³/mol. The molecule has 1 heterocycles. The largest absolute Gasteiger partial charge is 0.443 e. The van der Waals surface area contributed by atoms with E-state index in [0.717, 1.165) is 5.56 Å². The molecule has 0 atom stereocenters. The number of pyridine rings is 1. The second kappa shape index (κ2) is 6.77. The number of carbonyl (C=O) groups is 1. The first-order chi connectivity index (χ1) is 9.55. The van der Waals surface area contributed by atoms with E-state index in [1.54, 1.807) is 6.20 Å². The fraction of sp³-hybridized carbons (Fsp3) is 0.500. The van der Waals surface area contributed by atoms with Gasteiger partial charge in [0.05, 0.1) is 5.69 Å². The van der Waals surface area contributed by atoms with Crippen LogP contribution >= 0.6 is 0 Å². The summed E-state index contributed by atoms with van der Waals surface area (Å²) >= 11 is 0. The molecule has 0 bridgehead atoms. The first-order valence-electron chi connectivity index (χ1n) is 6.98. The Morgan fingerprint density at radius 1 is 1.33 bits per heavy atom. The number of aromatic nitrogens is 1. The molecule has 1 N–H and O–H groups in total. The minimum absolute atomic E-state index is 0.156. The lowest BCUT2D eigenvalue weighted by molar-refractivity contribution is 0.130. The lowest BCUT2D eigenvalue weighted by Crippen LogP contribution is -2.40. The fourth-order valence-electron chi connectivity index (χ4n) is 1.33. The van der Waals surface area contributed by atoms with Gasteiger partial charge < -0.3 is 10.1 Å². The Kier molecular flexibility index (Phi) is 5.56. The van der Waals surface area contributed by atoms with Crippen molar-refractivity contribution in [2.24, 2.45) is 0 Å². The van der Waals surface area contributed by atoms with Crippen molar-refractivity contribution in [1.82, 2.24) is 10.3 Å². The molecular formula is C16H24N2O2Si. The molecule has 0 saturated carbocycles. The lowest BCUT2D eigenvalue weighted by atomic mass is 10.1. The molecule has 0 fully saturated rings. The Morgan fingerprint density at radius 3 is 2.48 bits per heavy atom. The SMILES string of the molecule is CC(C)(C)NC(=O)OCc1ccc(C#C[Si](C)(C)C)cn1. The van der Waals surface area contributed by atoms with E-state index in [9.17, 15) is 4.79 Å². The summed E-state index contributed by atoms with van der Waals surface area (Å²) in [6, 6.07) is 3.74. The molecule has 4 nitrogen and oxygen atoms in total. The Hall–Kier alpha value is -1.80. The molecule has 0 aliphatic rings. The molecule has 1 rings (SSSR count). The Bertz CT molecular complexity index is 543. The van der Waals surface area contributed by atoms with Crippen molar-refractivity contribution < 1.29 is 9.53 Å². The molecule has 0 aliphatic carbocycles. The van der Waals surface area contributed by atoms with Gasteiger partial charge in [-0.2, -0.15) is 0 Å². The molecule has 0 spiro atoms. The summed E-state index contributed by atoms with van der Waals surface area (Å²) in [5.74, 6) is 3.14. The molecule has 1 amide bonds. The zero-order valence-corrected chi connectivity index (χ0v) is 14.7. The molecule has 21 heavy (non-hydrogen) atoms. The van der Waals surface area contributed by atoms with E-state index in [2.05, 4.69) is 41.4 Å². The second-order valence-corrected chi connectivity index (χ2v) is 11.7. The van der Waals surface area contributed by atoms with Crippen molar-refractivity contribution in [1.29, 1.82) is 0 Å². The van der Waals surface area contributed by atoms with E-state index in [-0.39, 0.29) is 12.1 Å². The van der Waals surface area contributed by atoms with Crippen LogP contribution in [0, 0.1) is 11.5 Å². The van der Waals surface area contributed by atoms with Gasteiger partial charge in [-0.3, -0.25) is 4.98 Å². The van der Waals surface area contributed by atoms with Gasteiger partial charge >= 0.3 is 6.09 Å². The van der Waals surface area contributed by atoms with Crippen molar-refractivity contribution in [3.63, 3.8) is 0 Å².